The van der Waals surface area contributed by atoms with Gasteiger partial charge in [-0.05, 0) is 12.1 Å². The molecule has 3 rings (SSSR count). The Morgan fingerprint density at radius 3 is 2.86 bits per heavy atom. The van der Waals surface area contributed by atoms with Gasteiger partial charge in [0.2, 0.25) is 5.60 Å². The normalized spacial score (nSPS) is 32.4. The highest BCUT2D eigenvalue weighted by Crippen LogP contribution is 2.40. The molecule has 0 bridgehead atoms. The topological polar surface area (TPSA) is 150 Å². The van der Waals surface area contributed by atoms with Crippen LogP contribution in [0.1, 0.15) is 11.8 Å². The Labute approximate surface area is 118 Å². The summed E-state index contributed by atoms with van der Waals surface area (Å²) in [6.45, 7) is -0.737. The zero-order chi connectivity index (χ0) is 15.2. The van der Waals surface area contributed by atoms with Gasteiger partial charge in [0.25, 0.3) is 0 Å². The summed E-state index contributed by atoms with van der Waals surface area (Å²) in [5.41, 5.74) is 4.76. The molecule has 110 valence electrons. The monoisotopic (exact) mass is 291 g/mol. The van der Waals surface area contributed by atoms with Gasteiger partial charge in [0, 0.05) is 0 Å². The Kier molecular flexibility index (Phi) is 3.03. The van der Waals surface area contributed by atoms with Crippen LogP contribution in [-0.4, -0.2) is 54.3 Å². The van der Waals surface area contributed by atoms with E-state index in [1.165, 1.54) is 10.8 Å². The van der Waals surface area contributed by atoms with Gasteiger partial charge in [-0.15, -0.1) is 0 Å². The van der Waals surface area contributed by atoms with Gasteiger partial charge in [-0.25, -0.2) is 9.50 Å². The molecule has 0 amide bonds. The smallest absolute Gasteiger partial charge is 0.206 e. The molecule has 1 fully saturated rings. The van der Waals surface area contributed by atoms with Gasteiger partial charge in [0.1, 0.15) is 36.2 Å². The van der Waals surface area contributed by atoms with Crippen LogP contribution >= 0.6 is 0 Å². The molecule has 1 saturated heterocycles. The summed E-state index contributed by atoms with van der Waals surface area (Å²) in [6, 6.07) is 4.95. The van der Waals surface area contributed by atoms with Gasteiger partial charge in [-0.2, -0.15) is 10.4 Å². The van der Waals surface area contributed by atoms with Crippen LogP contribution in [0.2, 0.25) is 0 Å². The molecule has 2 aromatic rings. The summed E-state index contributed by atoms with van der Waals surface area (Å²) >= 11 is 0. The second-order valence-corrected chi connectivity index (χ2v) is 4.83. The van der Waals surface area contributed by atoms with Crippen LogP contribution in [0.15, 0.2) is 18.5 Å². The van der Waals surface area contributed by atoms with E-state index in [1.54, 1.807) is 18.2 Å². The van der Waals surface area contributed by atoms with E-state index in [1.807, 2.05) is 0 Å². The third kappa shape index (κ3) is 1.78. The van der Waals surface area contributed by atoms with Crippen molar-refractivity contribution in [2.75, 3.05) is 12.3 Å². The summed E-state index contributed by atoms with van der Waals surface area (Å²) in [5.74, 6) is 0.248. The first-order valence-corrected chi connectivity index (χ1v) is 6.18. The van der Waals surface area contributed by atoms with Crippen molar-refractivity contribution in [1.82, 2.24) is 14.6 Å². The van der Waals surface area contributed by atoms with Crippen molar-refractivity contribution in [2.45, 2.75) is 23.9 Å². The lowest BCUT2D eigenvalue weighted by atomic mass is 9.96. The van der Waals surface area contributed by atoms with E-state index in [-0.39, 0.29) is 5.82 Å². The molecule has 9 heteroatoms. The number of fused-ring (bicyclic) bond motifs is 1. The van der Waals surface area contributed by atoms with Gasteiger partial charge < -0.3 is 25.8 Å². The maximum absolute atomic E-state index is 10.1. The maximum Gasteiger partial charge on any atom is 0.206 e. The average molecular weight is 291 g/mol. The molecule has 0 saturated carbocycles. The van der Waals surface area contributed by atoms with Crippen molar-refractivity contribution in [3.8, 4) is 6.07 Å². The van der Waals surface area contributed by atoms with Crippen molar-refractivity contribution < 1.29 is 20.1 Å². The summed E-state index contributed by atoms with van der Waals surface area (Å²) in [4.78, 5) is 3.84. The fourth-order valence-electron chi connectivity index (χ4n) is 2.49. The number of hydrogen-bond acceptors (Lipinski definition) is 8. The van der Waals surface area contributed by atoms with Gasteiger partial charge in [-0.1, -0.05) is 0 Å². The summed E-state index contributed by atoms with van der Waals surface area (Å²) < 4.78 is 6.84. The number of hydrogen-bond donors (Lipinski definition) is 4. The van der Waals surface area contributed by atoms with Crippen LogP contribution in [0.25, 0.3) is 5.52 Å². The SMILES string of the molecule is N#C[C@]1(CO)O[C@@H](c2ccc3c(N)ncnn23)[C@H](O)[C@@H]1O. The Hall–Kier alpha value is -2.25. The van der Waals surface area contributed by atoms with E-state index < -0.39 is 30.5 Å². The Balaban J connectivity index is 2.08. The van der Waals surface area contributed by atoms with Crippen LogP contribution in [0.3, 0.4) is 0 Å². The number of nitrogen functional groups attached to an aromatic ring is 1. The lowest BCUT2D eigenvalue weighted by molar-refractivity contribution is -0.0746. The van der Waals surface area contributed by atoms with Crippen LogP contribution in [0.5, 0.6) is 0 Å². The van der Waals surface area contributed by atoms with E-state index in [2.05, 4.69) is 10.1 Å². The molecule has 9 nitrogen and oxygen atoms in total. The largest absolute Gasteiger partial charge is 0.392 e. The first-order chi connectivity index (χ1) is 10.0. The van der Waals surface area contributed by atoms with Crippen molar-refractivity contribution in [3.63, 3.8) is 0 Å². The Morgan fingerprint density at radius 1 is 1.48 bits per heavy atom. The molecular weight excluding hydrogens is 278 g/mol. The molecule has 0 spiro atoms. The number of anilines is 1. The molecule has 21 heavy (non-hydrogen) atoms. The highest BCUT2D eigenvalue weighted by atomic mass is 16.6. The summed E-state index contributed by atoms with van der Waals surface area (Å²) in [5, 5.41) is 42.5. The lowest BCUT2D eigenvalue weighted by Gasteiger charge is -2.21. The number of nitrogens with two attached hydrogens (primary N) is 1. The molecule has 4 atom stereocenters. The quantitative estimate of drug-likeness (QED) is 0.514. The van der Waals surface area contributed by atoms with E-state index in [0.29, 0.717) is 11.2 Å². The van der Waals surface area contributed by atoms with Crippen LogP contribution in [0, 0.1) is 11.3 Å². The van der Waals surface area contributed by atoms with Crippen molar-refractivity contribution >= 4 is 11.3 Å². The number of rotatable bonds is 2. The highest BCUT2D eigenvalue weighted by Gasteiger charge is 2.55. The minimum Gasteiger partial charge on any atom is -0.392 e. The van der Waals surface area contributed by atoms with Gasteiger partial charge in [0.15, 0.2) is 5.82 Å². The molecule has 5 N–H and O–H groups in total. The second-order valence-electron chi connectivity index (χ2n) is 4.83. The molecular formula is C12H13N5O4. The zero-order valence-corrected chi connectivity index (χ0v) is 10.8. The average Bonchev–Trinajstić information content (AvgIpc) is 3.02. The van der Waals surface area contributed by atoms with E-state index in [0.717, 1.165) is 0 Å². The highest BCUT2D eigenvalue weighted by molar-refractivity contribution is 5.65. The van der Waals surface area contributed by atoms with Crippen LogP contribution in [-0.2, 0) is 4.74 Å². The molecule has 2 aromatic heterocycles. The first-order valence-electron chi connectivity index (χ1n) is 6.18. The number of ether oxygens (including phenoxy) is 1. The van der Waals surface area contributed by atoms with Gasteiger partial charge in [-0.3, -0.25) is 0 Å². The first kappa shape index (κ1) is 13.7. The molecule has 1 aliphatic rings. The fourth-order valence-corrected chi connectivity index (χ4v) is 2.49. The zero-order valence-electron chi connectivity index (χ0n) is 10.8. The molecule has 0 radical (unpaired) electrons. The van der Waals surface area contributed by atoms with Gasteiger partial charge in [0.05, 0.1) is 12.3 Å². The molecule has 0 unspecified atom stereocenters. The molecule has 0 aliphatic carbocycles. The predicted molar refractivity (Wildman–Crippen MR) is 68.7 cm³/mol. The summed E-state index contributed by atoms with van der Waals surface area (Å²) in [6.07, 6.45) is -2.70. The number of aliphatic hydroxyl groups is 3. The van der Waals surface area contributed by atoms with E-state index in [4.69, 9.17) is 15.7 Å². The third-order valence-corrected chi connectivity index (χ3v) is 3.68. The number of nitrogens with zero attached hydrogens (tertiary/aromatic N) is 4. The van der Waals surface area contributed by atoms with Crippen LogP contribution in [0.4, 0.5) is 5.82 Å². The standard InChI is InChI=1S/C12H13N5O4/c13-3-12(4-18)10(20)8(19)9(21-12)6-1-2-7-11(14)15-5-16-17(6)7/h1-2,5,8-10,18-20H,4H2,(H2,14,15,16)/t8-,9-,10-,12+/m0/s1. The summed E-state index contributed by atoms with van der Waals surface area (Å²) in [7, 11) is 0. The molecule has 0 aromatic carbocycles. The lowest BCUT2D eigenvalue weighted by Crippen LogP contribution is -2.44. The number of aliphatic hydroxyl groups excluding tert-OH is 3. The van der Waals surface area contributed by atoms with Crippen molar-refractivity contribution in [2.24, 2.45) is 0 Å². The number of aromatic nitrogens is 3. The Bertz CT molecular complexity index is 726. The minimum atomic E-state index is -1.87. The fraction of sp³-hybridized carbons (Fsp3) is 0.417. The maximum atomic E-state index is 10.1. The van der Waals surface area contributed by atoms with E-state index in [9.17, 15) is 15.3 Å². The van der Waals surface area contributed by atoms with Crippen molar-refractivity contribution in [3.05, 3.63) is 24.2 Å². The third-order valence-electron chi connectivity index (χ3n) is 3.68. The van der Waals surface area contributed by atoms with Crippen LogP contribution < -0.4 is 5.73 Å². The minimum absolute atomic E-state index is 0.248. The molecule has 3 heterocycles. The van der Waals surface area contributed by atoms with E-state index >= 15 is 0 Å². The Morgan fingerprint density at radius 2 is 2.24 bits per heavy atom. The predicted octanol–water partition coefficient (Wildman–Crippen LogP) is -1.64. The number of nitriles is 1. The second kappa shape index (κ2) is 4.64. The van der Waals surface area contributed by atoms with Crippen molar-refractivity contribution in [1.29, 1.82) is 5.26 Å². The van der Waals surface area contributed by atoms with Gasteiger partial charge >= 0.3 is 0 Å². The molecule has 1 aliphatic heterocycles.